The Balaban J connectivity index is 2.29. The predicted molar refractivity (Wildman–Crippen MR) is 69.3 cm³/mol. The van der Waals surface area contributed by atoms with E-state index in [2.05, 4.69) is 19.3 Å². The average Bonchev–Trinajstić information content (AvgIpc) is 2.73. The maximum absolute atomic E-state index is 5.81. The van der Waals surface area contributed by atoms with E-state index in [1.165, 1.54) is 23.3 Å². The predicted octanol–water partition coefficient (Wildman–Crippen LogP) is 2.24. The van der Waals surface area contributed by atoms with Crippen molar-refractivity contribution in [3.05, 3.63) is 17.2 Å². The fourth-order valence-corrected chi connectivity index (χ4v) is 2.98. The van der Waals surface area contributed by atoms with Crippen LogP contribution in [-0.4, -0.2) is 19.3 Å². The Morgan fingerprint density at radius 3 is 2.65 bits per heavy atom. The Kier molecular flexibility index (Phi) is 3.58. The highest BCUT2D eigenvalue weighted by Crippen LogP contribution is 2.31. The van der Waals surface area contributed by atoms with E-state index in [4.69, 9.17) is 5.73 Å². The van der Waals surface area contributed by atoms with E-state index in [0.29, 0.717) is 11.6 Å². The number of aromatic nitrogens is 4. The molecule has 0 amide bonds. The summed E-state index contributed by atoms with van der Waals surface area (Å²) in [6.07, 6.45) is 0.848. The van der Waals surface area contributed by atoms with Gasteiger partial charge in [-0.25, -0.2) is 15.0 Å². The molecule has 0 aromatic carbocycles. The smallest absolute Gasteiger partial charge is 0.176 e. The van der Waals surface area contributed by atoms with Gasteiger partial charge in [0.1, 0.15) is 22.5 Å². The molecular formula is C10H13N5S2. The summed E-state index contributed by atoms with van der Waals surface area (Å²) < 4.78 is 5.13. The Hall–Kier alpha value is -1.21. The third kappa shape index (κ3) is 2.73. The Morgan fingerprint density at radius 1 is 1.24 bits per heavy atom. The van der Waals surface area contributed by atoms with Crippen LogP contribution in [0.15, 0.2) is 9.37 Å². The van der Waals surface area contributed by atoms with Crippen molar-refractivity contribution in [1.82, 2.24) is 19.3 Å². The van der Waals surface area contributed by atoms with Crippen LogP contribution in [0.1, 0.15) is 24.1 Å². The zero-order chi connectivity index (χ0) is 12.4. The summed E-state index contributed by atoms with van der Waals surface area (Å²) in [5, 5.41) is 0.855. The van der Waals surface area contributed by atoms with Crippen LogP contribution >= 0.6 is 23.3 Å². The molecule has 90 valence electrons. The molecule has 2 aromatic heterocycles. The fraction of sp³-hybridized carbons (Fsp3) is 0.400. The number of hydrogen-bond acceptors (Lipinski definition) is 7. The van der Waals surface area contributed by atoms with E-state index in [1.54, 1.807) is 0 Å². The number of hydrogen-bond donors (Lipinski definition) is 1. The van der Waals surface area contributed by atoms with Crippen LogP contribution in [0.5, 0.6) is 0 Å². The maximum Gasteiger partial charge on any atom is 0.176 e. The van der Waals surface area contributed by atoms with Crippen molar-refractivity contribution in [3.8, 4) is 0 Å². The lowest BCUT2D eigenvalue weighted by Gasteiger charge is -2.05. The number of rotatable bonds is 3. The summed E-state index contributed by atoms with van der Waals surface area (Å²) in [6, 6.07) is 0. The molecule has 0 saturated heterocycles. The fourth-order valence-electron chi connectivity index (χ4n) is 1.23. The monoisotopic (exact) mass is 267 g/mol. The summed E-state index contributed by atoms with van der Waals surface area (Å²) in [7, 11) is 0. The minimum Gasteiger partial charge on any atom is -0.383 e. The first-order valence-corrected chi connectivity index (χ1v) is 6.80. The van der Waals surface area contributed by atoms with Crippen molar-refractivity contribution in [1.29, 1.82) is 0 Å². The van der Waals surface area contributed by atoms with Crippen molar-refractivity contribution in [2.45, 2.75) is 36.6 Å². The zero-order valence-corrected chi connectivity index (χ0v) is 11.5. The van der Waals surface area contributed by atoms with Crippen LogP contribution in [0.3, 0.4) is 0 Å². The van der Waals surface area contributed by atoms with Gasteiger partial charge in [-0.3, -0.25) is 0 Å². The lowest BCUT2D eigenvalue weighted by atomic mass is 10.3. The van der Waals surface area contributed by atoms with Gasteiger partial charge in [-0.05, 0) is 37.1 Å². The van der Waals surface area contributed by atoms with Gasteiger partial charge < -0.3 is 5.73 Å². The quantitative estimate of drug-likeness (QED) is 0.859. The van der Waals surface area contributed by atoms with Gasteiger partial charge in [0.15, 0.2) is 4.34 Å². The minimum atomic E-state index is 0.528. The van der Waals surface area contributed by atoms with E-state index in [0.717, 1.165) is 27.2 Å². The number of aryl methyl sites for hydroxylation is 2. The Morgan fingerprint density at radius 2 is 2.00 bits per heavy atom. The molecule has 0 aliphatic rings. The van der Waals surface area contributed by atoms with E-state index >= 15 is 0 Å². The molecule has 0 bridgehead atoms. The summed E-state index contributed by atoms with van der Waals surface area (Å²) in [5.74, 6) is 2.07. The molecule has 2 N–H and O–H groups in total. The lowest BCUT2D eigenvalue weighted by Crippen LogP contribution is -2.01. The molecule has 2 rings (SSSR count). The highest BCUT2D eigenvalue weighted by molar-refractivity contribution is 8.00. The van der Waals surface area contributed by atoms with Gasteiger partial charge in [-0.1, -0.05) is 6.92 Å². The minimum absolute atomic E-state index is 0.528. The highest BCUT2D eigenvalue weighted by atomic mass is 32.2. The zero-order valence-electron chi connectivity index (χ0n) is 9.89. The third-order valence-electron chi connectivity index (χ3n) is 2.20. The molecule has 2 heterocycles. The summed E-state index contributed by atoms with van der Waals surface area (Å²) in [4.78, 5) is 12.9. The van der Waals surface area contributed by atoms with Crippen molar-refractivity contribution >= 4 is 29.1 Å². The Labute approximate surface area is 108 Å². The van der Waals surface area contributed by atoms with Crippen molar-refractivity contribution in [3.63, 3.8) is 0 Å². The number of nitrogens with two attached hydrogens (primary N) is 1. The molecule has 0 radical (unpaired) electrons. The van der Waals surface area contributed by atoms with Crippen molar-refractivity contribution < 1.29 is 0 Å². The van der Waals surface area contributed by atoms with E-state index in [-0.39, 0.29) is 0 Å². The molecule has 7 heteroatoms. The van der Waals surface area contributed by atoms with Gasteiger partial charge in [0.2, 0.25) is 0 Å². The molecule has 0 atom stereocenters. The van der Waals surface area contributed by atoms with Gasteiger partial charge in [0.25, 0.3) is 0 Å². The van der Waals surface area contributed by atoms with Crippen LogP contribution in [0.2, 0.25) is 0 Å². The van der Waals surface area contributed by atoms with Gasteiger partial charge >= 0.3 is 0 Å². The number of nitrogen functional groups attached to an aromatic ring is 1. The summed E-state index contributed by atoms with van der Waals surface area (Å²) in [6.45, 7) is 5.78. The average molecular weight is 267 g/mol. The van der Waals surface area contributed by atoms with Crippen LogP contribution in [-0.2, 0) is 6.42 Å². The van der Waals surface area contributed by atoms with Crippen molar-refractivity contribution in [2.24, 2.45) is 0 Å². The Bertz CT molecular complexity index is 537. The first kappa shape index (κ1) is 12.3. The molecule has 2 aromatic rings. The van der Waals surface area contributed by atoms with Crippen molar-refractivity contribution in [2.75, 3.05) is 5.73 Å². The van der Waals surface area contributed by atoms with Crippen LogP contribution in [0, 0.1) is 13.8 Å². The number of nitrogens with zero attached hydrogens (tertiary/aromatic N) is 4. The van der Waals surface area contributed by atoms with Crippen LogP contribution < -0.4 is 5.73 Å². The van der Waals surface area contributed by atoms with E-state index < -0.39 is 0 Å². The van der Waals surface area contributed by atoms with E-state index in [1.807, 2.05) is 20.8 Å². The third-order valence-corrected chi connectivity index (χ3v) is 4.08. The molecule has 0 aliphatic heterocycles. The molecule has 17 heavy (non-hydrogen) atoms. The summed E-state index contributed by atoms with van der Waals surface area (Å²) >= 11 is 2.88. The standard InChI is InChI=1S/C10H13N5S2/c1-4-7-14-10(17-15-7)16-9-5(2)8(11)12-6(3)13-9/h4H2,1-3H3,(H2,11,12,13). The van der Waals surface area contributed by atoms with Gasteiger partial charge in [0, 0.05) is 12.0 Å². The molecule has 0 saturated carbocycles. The van der Waals surface area contributed by atoms with E-state index in [9.17, 15) is 0 Å². The molecular weight excluding hydrogens is 254 g/mol. The van der Waals surface area contributed by atoms with Crippen LogP contribution in [0.25, 0.3) is 0 Å². The molecule has 5 nitrogen and oxygen atoms in total. The highest BCUT2D eigenvalue weighted by Gasteiger charge is 2.11. The molecule has 0 fully saturated rings. The summed E-state index contributed by atoms with van der Waals surface area (Å²) in [5.41, 5.74) is 6.71. The van der Waals surface area contributed by atoms with Gasteiger partial charge in [0.05, 0.1) is 0 Å². The van der Waals surface area contributed by atoms with Gasteiger partial charge in [-0.15, -0.1) is 0 Å². The second-order valence-electron chi connectivity index (χ2n) is 3.52. The second-order valence-corrected chi connectivity index (χ2v) is 5.51. The second kappa shape index (κ2) is 4.97. The largest absolute Gasteiger partial charge is 0.383 e. The normalized spacial score (nSPS) is 10.8. The topological polar surface area (TPSA) is 77.6 Å². The SMILES string of the molecule is CCc1nsc(Sc2nc(C)nc(N)c2C)n1. The van der Waals surface area contributed by atoms with Crippen LogP contribution in [0.4, 0.5) is 5.82 Å². The van der Waals surface area contributed by atoms with Gasteiger partial charge in [-0.2, -0.15) is 4.37 Å². The molecule has 0 unspecified atom stereocenters. The first-order valence-electron chi connectivity index (χ1n) is 5.21. The molecule has 0 spiro atoms. The maximum atomic E-state index is 5.81. The molecule has 0 aliphatic carbocycles. The number of anilines is 1. The lowest BCUT2D eigenvalue weighted by molar-refractivity contribution is 0.940. The first-order chi connectivity index (χ1) is 8.10.